The molecule has 2 aliphatic heterocycles. The van der Waals surface area contributed by atoms with Crippen molar-refractivity contribution in [1.82, 2.24) is 14.9 Å². The Morgan fingerprint density at radius 1 is 1.18 bits per heavy atom. The van der Waals surface area contributed by atoms with Crippen LogP contribution in [0, 0.1) is 0 Å². The third kappa shape index (κ3) is 4.05. The quantitative estimate of drug-likeness (QED) is 0.773. The van der Waals surface area contributed by atoms with E-state index in [9.17, 15) is 0 Å². The molecule has 150 valence electrons. The molecular weight excluding hydrogens is 370 g/mol. The lowest BCUT2D eigenvalue weighted by molar-refractivity contribution is 0.197. The van der Waals surface area contributed by atoms with Gasteiger partial charge in [0.25, 0.3) is 0 Å². The molecule has 2 unspecified atom stereocenters. The number of piperazine rings is 1. The van der Waals surface area contributed by atoms with Crippen LogP contribution in [-0.2, 0) is 17.1 Å². The van der Waals surface area contributed by atoms with Crippen molar-refractivity contribution in [3.05, 3.63) is 41.7 Å². The zero-order chi connectivity index (χ0) is 19.5. The van der Waals surface area contributed by atoms with Crippen molar-refractivity contribution in [2.24, 2.45) is 4.36 Å². The van der Waals surface area contributed by atoms with E-state index in [4.69, 9.17) is 4.74 Å². The van der Waals surface area contributed by atoms with Crippen molar-refractivity contribution in [2.45, 2.75) is 31.2 Å². The number of hydrogen-bond donors (Lipinski definition) is 0. The van der Waals surface area contributed by atoms with Gasteiger partial charge in [0.1, 0.15) is 5.75 Å². The summed E-state index contributed by atoms with van der Waals surface area (Å²) < 4.78 is 10.3. The van der Waals surface area contributed by atoms with Gasteiger partial charge in [0.15, 0.2) is 0 Å². The summed E-state index contributed by atoms with van der Waals surface area (Å²) in [4.78, 5) is 15.1. The first-order valence-electron chi connectivity index (χ1n) is 10.1. The summed E-state index contributed by atoms with van der Waals surface area (Å²) >= 11 is 0. The maximum atomic E-state index is 5.74. The van der Waals surface area contributed by atoms with E-state index in [1.165, 1.54) is 11.1 Å². The van der Waals surface area contributed by atoms with Crippen LogP contribution in [0.2, 0.25) is 0 Å². The molecule has 3 heterocycles. The normalized spacial score (nSPS) is 19.3. The van der Waals surface area contributed by atoms with Gasteiger partial charge in [-0.1, -0.05) is 22.8 Å². The fourth-order valence-electron chi connectivity index (χ4n) is 3.86. The van der Waals surface area contributed by atoms with Gasteiger partial charge < -0.3 is 9.64 Å². The van der Waals surface area contributed by atoms with Gasteiger partial charge in [0.2, 0.25) is 5.95 Å². The highest BCUT2D eigenvalue weighted by atomic mass is 32.2. The summed E-state index contributed by atoms with van der Waals surface area (Å²) in [5.41, 5.74) is 2.67. The Bertz CT molecular complexity index is 846. The summed E-state index contributed by atoms with van der Waals surface area (Å²) in [6, 6.07) is 7.10. The Morgan fingerprint density at radius 2 is 1.93 bits per heavy atom. The average molecular weight is 400 g/mol. The molecule has 1 saturated heterocycles. The molecule has 1 aromatic heterocycles. The Kier molecular flexibility index (Phi) is 5.92. The van der Waals surface area contributed by atoms with Gasteiger partial charge in [0.05, 0.1) is 11.5 Å². The molecule has 0 spiro atoms. The van der Waals surface area contributed by atoms with E-state index in [0.29, 0.717) is 6.04 Å². The number of benzene rings is 1. The molecule has 7 heteroatoms. The van der Waals surface area contributed by atoms with Gasteiger partial charge in [0, 0.05) is 57.6 Å². The van der Waals surface area contributed by atoms with Gasteiger partial charge in [-0.3, -0.25) is 9.26 Å². The standard InChI is InChI=1S/C21H29N5OS/c1-4-24-28(3)19-14-22-21(23-15-19)26-10-8-25(9-11-26)16(2)18-6-5-17-7-12-27-20(17)13-18/h5-6,13-16H,4,7-12H2,1-3H3. The lowest BCUT2D eigenvalue weighted by atomic mass is 10.0. The van der Waals surface area contributed by atoms with E-state index in [1.54, 1.807) is 0 Å². The van der Waals surface area contributed by atoms with Crippen molar-refractivity contribution in [2.75, 3.05) is 50.5 Å². The van der Waals surface area contributed by atoms with Crippen molar-refractivity contribution in [3.8, 4) is 5.75 Å². The Morgan fingerprint density at radius 3 is 2.64 bits per heavy atom. The highest BCUT2D eigenvalue weighted by Crippen LogP contribution is 2.31. The van der Waals surface area contributed by atoms with E-state index >= 15 is 0 Å². The summed E-state index contributed by atoms with van der Waals surface area (Å²) in [6.07, 6.45) is 7.02. The van der Waals surface area contributed by atoms with Crippen molar-refractivity contribution in [1.29, 1.82) is 0 Å². The molecule has 2 aromatic rings. The lowest BCUT2D eigenvalue weighted by Gasteiger charge is -2.38. The number of aromatic nitrogens is 2. The molecule has 1 aromatic carbocycles. The minimum Gasteiger partial charge on any atom is -0.493 e. The first kappa shape index (κ1) is 19.3. The first-order valence-corrected chi connectivity index (χ1v) is 11.6. The van der Waals surface area contributed by atoms with E-state index < -0.39 is 0 Å². The van der Waals surface area contributed by atoms with Crippen LogP contribution in [0.4, 0.5) is 5.95 Å². The Labute approximate surface area is 170 Å². The number of hydrogen-bond acceptors (Lipinski definition) is 6. The van der Waals surface area contributed by atoms with E-state index in [1.807, 2.05) is 12.4 Å². The van der Waals surface area contributed by atoms with Crippen LogP contribution >= 0.6 is 0 Å². The maximum absolute atomic E-state index is 5.74. The summed E-state index contributed by atoms with van der Waals surface area (Å²) in [7, 11) is -0.117. The van der Waals surface area contributed by atoms with E-state index in [-0.39, 0.29) is 10.7 Å². The van der Waals surface area contributed by atoms with Gasteiger partial charge in [-0.25, -0.2) is 9.97 Å². The Hall–Kier alpha value is -1.99. The van der Waals surface area contributed by atoms with Crippen molar-refractivity contribution < 1.29 is 4.74 Å². The summed E-state index contributed by atoms with van der Waals surface area (Å²) in [6.45, 7) is 9.91. The van der Waals surface area contributed by atoms with Gasteiger partial charge >= 0.3 is 0 Å². The molecule has 28 heavy (non-hydrogen) atoms. The smallest absolute Gasteiger partial charge is 0.225 e. The number of fused-ring (bicyclic) bond motifs is 1. The maximum Gasteiger partial charge on any atom is 0.225 e. The van der Waals surface area contributed by atoms with Crippen LogP contribution in [0.1, 0.15) is 31.0 Å². The molecule has 0 radical (unpaired) electrons. The highest BCUT2D eigenvalue weighted by molar-refractivity contribution is 7.86. The van der Waals surface area contributed by atoms with Gasteiger partial charge in [-0.05, 0) is 37.3 Å². The van der Waals surface area contributed by atoms with Crippen LogP contribution < -0.4 is 9.64 Å². The lowest BCUT2D eigenvalue weighted by Crippen LogP contribution is -2.47. The third-order valence-electron chi connectivity index (χ3n) is 5.63. The topological polar surface area (TPSA) is 53.9 Å². The monoisotopic (exact) mass is 399 g/mol. The molecule has 0 N–H and O–H groups in total. The molecule has 0 bridgehead atoms. The molecule has 4 rings (SSSR count). The predicted molar refractivity (Wildman–Crippen MR) is 114 cm³/mol. The minimum absolute atomic E-state index is 0.117. The molecule has 1 fully saturated rings. The summed E-state index contributed by atoms with van der Waals surface area (Å²) in [5, 5.41) is 0. The Balaban J connectivity index is 1.37. The average Bonchev–Trinajstić information content (AvgIpc) is 3.21. The van der Waals surface area contributed by atoms with Gasteiger partial charge in [-0.15, -0.1) is 0 Å². The second kappa shape index (κ2) is 8.57. The second-order valence-electron chi connectivity index (χ2n) is 7.31. The molecular formula is C21H29N5OS. The fourth-order valence-corrected chi connectivity index (χ4v) is 4.80. The number of nitrogens with zero attached hydrogens (tertiary/aromatic N) is 5. The third-order valence-corrected chi connectivity index (χ3v) is 7.16. The molecule has 2 aliphatic rings. The number of anilines is 1. The zero-order valence-electron chi connectivity index (χ0n) is 17.0. The van der Waals surface area contributed by atoms with Crippen LogP contribution in [0.5, 0.6) is 5.75 Å². The first-order chi connectivity index (χ1) is 13.7. The minimum atomic E-state index is -0.117. The van der Waals surface area contributed by atoms with Crippen LogP contribution in [0.25, 0.3) is 0 Å². The van der Waals surface area contributed by atoms with Crippen LogP contribution in [0.3, 0.4) is 0 Å². The zero-order valence-corrected chi connectivity index (χ0v) is 17.8. The highest BCUT2D eigenvalue weighted by Gasteiger charge is 2.24. The van der Waals surface area contributed by atoms with Crippen LogP contribution in [0.15, 0.2) is 39.9 Å². The summed E-state index contributed by atoms with van der Waals surface area (Å²) in [5.74, 6) is 1.90. The van der Waals surface area contributed by atoms with E-state index in [0.717, 1.165) is 62.3 Å². The molecule has 6 nitrogen and oxygen atoms in total. The predicted octanol–water partition coefficient (Wildman–Crippen LogP) is 3.11. The molecule has 2 atom stereocenters. The largest absolute Gasteiger partial charge is 0.493 e. The molecule has 0 saturated carbocycles. The molecule has 0 amide bonds. The van der Waals surface area contributed by atoms with Crippen molar-refractivity contribution in [3.63, 3.8) is 0 Å². The van der Waals surface area contributed by atoms with Gasteiger partial charge in [-0.2, -0.15) is 0 Å². The number of rotatable bonds is 5. The SMILES string of the molecule is CCN=S(C)c1cnc(N2CCN(C(C)c3ccc4c(c3)OCC4)CC2)nc1. The fraction of sp³-hybridized carbons (Fsp3) is 0.524. The second-order valence-corrected chi connectivity index (χ2v) is 8.99. The number of ether oxygens (including phenoxy) is 1. The van der Waals surface area contributed by atoms with E-state index in [2.05, 4.69) is 62.4 Å². The molecule has 0 aliphatic carbocycles. The van der Waals surface area contributed by atoms with Crippen LogP contribution in [-0.4, -0.2) is 60.5 Å². The van der Waals surface area contributed by atoms with Crippen molar-refractivity contribution >= 4 is 16.6 Å².